The van der Waals surface area contributed by atoms with E-state index in [1.165, 1.54) is 31.1 Å². The molecule has 1 heteroatoms. The van der Waals surface area contributed by atoms with Crippen LogP contribution in [0.3, 0.4) is 0 Å². The SMILES string of the molecule is C=C(CC)C12CCC(C)(C=O)C(C1)C2. The fourth-order valence-electron chi connectivity index (χ4n) is 3.26. The maximum Gasteiger partial charge on any atom is 0.126 e. The first-order valence-corrected chi connectivity index (χ1v) is 5.71. The van der Waals surface area contributed by atoms with Crippen molar-refractivity contribution in [2.75, 3.05) is 0 Å². The largest absolute Gasteiger partial charge is 0.303 e. The molecule has 3 aliphatic carbocycles. The third kappa shape index (κ3) is 1.11. The zero-order valence-electron chi connectivity index (χ0n) is 9.31. The van der Waals surface area contributed by atoms with E-state index in [9.17, 15) is 4.79 Å². The Morgan fingerprint density at radius 1 is 1.50 bits per heavy atom. The van der Waals surface area contributed by atoms with Crippen molar-refractivity contribution in [2.45, 2.75) is 46.0 Å². The summed E-state index contributed by atoms with van der Waals surface area (Å²) < 4.78 is 0. The molecule has 1 nitrogen and oxygen atoms in total. The second-order valence-corrected chi connectivity index (χ2v) is 5.47. The van der Waals surface area contributed by atoms with Gasteiger partial charge in [0.05, 0.1) is 0 Å². The molecule has 0 spiro atoms. The number of fused-ring (bicyclic) bond motifs is 2. The van der Waals surface area contributed by atoms with Crippen LogP contribution in [0.4, 0.5) is 0 Å². The minimum Gasteiger partial charge on any atom is -0.303 e. The first-order valence-electron chi connectivity index (χ1n) is 5.71. The summed E-state index contributed by atoms with van der Waals surface area (Å²) in [4.78, 5) is 11.0. The topological polar surface area (TPSA) is 17.1 Å². The zero-order chi connectivity index (χ0) is 10.4. The minimum atomic E-state index is -0.0181. The van der Waals surface area contributed by atoms with Crippen LogP contribution in [0.15, 0.2) is 12.2 Å². The minimum absolute atomic E-state index is 0.0181. The number of aldehydes is 1. The van der Waals surface area contributed by atoms with Crippen molar-refractivity contribution in [2.24, 2.45) is 16.7 Å². The molecule has 78 valence electrons. The highest BCUT2D eigenvalue weighted by molar-refractivity contribution is 5.60. The summed E-state index contributed by atoms with van der Waals surface area (Å²) in [6, 6.07) is 0. The van der Waals surface area contributed by atoms with E-state index >= 15 is 0 Å². The van der Waals surface area contributed by atoms with E-state index in [0.717, 1.165) is 12.8 Å². The van der Waals surface area contributed by atoms with E-state index in [1.807, 2.05) is 0 Å². The lowest BCUT2D eigenvalue weighted by molar-refractivity contribution is -0.133. The van der Waals surface area contributed by atoms with Gasteiger partial charge in [0.25, 0.3) is 0 Å². The van der Waals surface area contributed by atoms with Crippen LogP contribution in [0.2, 0.25) is 0 Å². The van der Waals surface area contributed by atoms with E-state index in [0.29, 0.717) is 11.3 Å². The number of carbonyl (C=O) groups excluding carboxylic acids is 1. The van der Waals surface area contributed by atoms with Gasteiger partial charge in [-0.2, -0.15) is 0 Å². The molecule has 0 heterocycles. The summed E-state index contributed by atoms with van der Waals surface area (Å²) in [5.74, 6) is 0.636. The van der Waals surface area contributed by atoms with Gasteiger partial charge in [0.2, 0.25) is 0 Å². The molecule has 1 atom stereocenters. The molecule has 0 aromatic heterocycles. The van der Waals surface area contributed by atoms with E-state index in [2.05, 4.69) is 20.4 Å². The molecule has 0 aromatic carbocycles. The van der Waals surface area contributed by atoms with Crippen molar-refractivity contribution in [3.63, 3.8) is 0 Å². The van der Waals surface area contributed by atoms with Crippen molar-refractivity contribution in [1.29, 1.82) is 0 Å². The molecular weight excluding hydrogens is 172 g/mol. The van der Waals surface area contributed by atoms with Crippen molar-refractivity contribution in [3.05, 3.63) is 12.2 Å². The molecular formula is C13H20O. The first-order chi connectivity index (χ1) is 6.56. The van der Waals surface area contributed by atoms with E-state index in [4.69, 9.17) is 0 Å². The number of hydrogen-bond donors (Lipinski definition) is 0. The Kier molecular flexibility index (Phi) is 2.09. The van der Waals surface area contributed by atoms with Crippen LogP contribution in [-0.4, -0.2) is 6.29 Å². The quantitative estimate of drug-likeness (QED) is 0.495. The van der Waals surface area contributed by atoms with Gasteiger partial charge in [-0.3, -0.25) is 0 Å². The molecule has 0 radical (unpaired) electrons. The van der Waals surface area contributed by atoms with Crippen LogP contribution in [0.5, 0.6) is 0 Å². The second-order valence-electron chi connectivity index (χ2n) is 5.47. The maximum atomic E-state index is 11.0. The van der Waals surface area contributed by atoms with Crippen molar-refractivity contribution in [3.8, 4) is 0 Å². The van der Waals surface area contributed by atoms with Crippen molar-refractivity contribution in [1.82, 2.24) is 0 Å². The Bertz CT molecular complexity index is 267. The lowest BCUT2D eigenvalue weighted by Crippen LogP contribution is -2.52. The van der Waals surface area contributed by atoms with Gasteiger partial charge in [0.15, 0.2) is 0 Å². The predicted octanol–water partition coefficient (Wildman–Crippen LogP) is 3.35. The van der Waals surface area contributed by atoms with Crippen molar-refractivity contribution >= 4 is 6.29 Å². The average molecular weight is 192 g/mol. The Morgan fingerprint density at radius 3 is 2.50 bits per heavy atom. The van der Waals surface area contributed by atoms with Crippen LogP contribution >= 0.6 is 0 Å². The normalized spacial score (nSPS) is 45.4. The van der Waals surface area contributed by atoms with Crippen LogP contribution in [0.1, 0.15) is 46.0 Å². The maximum absolute atomic E-state index is 11.0. The lowest BCUT2D eigenvalue weighted by Gasteiger charge is -2.60. The van der Waals surface area contributed by atoms with Gasteiger partial charge in [-0.05, 0) is 43.4 Å². The highest BCUT2D eigenvalue weighted by Gasteiger charge is 2.56. The fourth-order valence-corrected chi connectivity index (χ4v) is 3.26. The third-order valence-electron chi connectivity index (χ3n) is 4.80. The summed E-state index contributed by atoms with van der Waals surface area (Å²) in [5, 5.41) is 0. The molecule has 1 unspecified atom stereocenters. The van der Waals surface area contributed by atoms with E-state index in [-0.39, 0.29) is 5.41 Å². The number of carbonyl (C=O) groups is 1. The summed E-state index contributed by atoms with van der Waals surface area (Å²) >= 11 is 0. The van der Waals surface area contributed by atoms with Gasteiger partial charge >= 0.3 is 0 Å². The molecule has 0 aromatic rings. The van der Waals surface area contributed by atoms with E-state index < -0.39 is 0 Å². The van der Waals surface area contributed by atoms with Crippen molar-refractivity contribution < 1.29 is 4.79 Å². The Hall–Kier alpha value is -0.590. The molecule has 3 rings (SSSR count). The summed E-state index contributed by atoms with van der Waals surface area (Å²) in [7, 11) is 0. The molecule has 14 heavy (non-hydrogen) atoms. The molecule has 0 N–H and O–H groups in total. The van der Waals surface area contributed by atoms with Gasteiger partial charge in [0.1, 0.15) is 6.29 Å². The predicted molar refractivity (Wildman–Crippen MR) is 58.0 cm³/mol. The highest BCUT2D eigenvalue weighted by atomic mass is 16.1. The molecule has 2 bridgehead atoms. The molecule has 0 saturated heterocycles. The van der Waals surface area contributed by atoms with Crippen LogP contribution in [0.25, 0.3) is 0 Å². The van der Waals surface area contributed by atoms with Gasteiger partial charge in [-0.15, -0.1) is 0 Å². The monoisotopic (exact) mass is 192 g/mol. The second kappa shape index (κ2) is 2.95. The molecule has 3 fully saturated rings. The summed E-state index contributed by atoms with van der Waals surface area (Å²) in [5.41, 5.74) is 1.83. The zero-order valence-corrected chi connectivity index (χ0v) is 9.31. The summed E-state index contributed by atoms with van der Waals surface area (Å²) in [6.07, 6.45) is 6.98. The molecule has 3 saturated carbocycles. The van der Waals surface area contributed by atoms with Crippen LogP contribution < -0.4 is 0 Å². The number of rotatable bonds is 3. The van der Waals surface area contributed by atoms with E-state index in [1.54, 1.807) is 0 Å². The smallest absolute Gasteiger partial charge is 0.126 e. The van der Waals surface area contributed by atoms with Crippen LogP contribution in [-0.2, 0) is 4.79 Å². The highest BCUT2D eigenvalue weighted by Crippen LogP contribution is 2.65. The molecule has 0 amide bonds. The first kappa shape index (κ1) is 9.95. The fraction of sp³-hybridized carbons (Fsp3) is 0.769. The molecule has 3 aliphatic rings. The van der Waals surface area contributed by atoms with Gasteiger partial charge in [-0.25, -0.2) is 0 Å². The van der Waals surface area contributed by atoms with Crippen LogP contribution in [0, 0.1) is 16.7 Å². The lowest BCUT2D eigenvalue weighted by atomic mass is 9.44. The molecule has 0 aliphatic heterocycles. The Morgan fingerprint density at radius 2 is 2.14 bits per heavy atom. The Balaban J connectivity index is 2.11. The number of allylic oxidation sites excluding steroid dienone is 1. The van der Waals surface area contributed by atoms with Gasteiger partial charge in [-0.1, -0.05) is 26.0 Å². The standard InChI is InChI=1S/C13H20O/c1-4-10(2)13-6-5-12(3,9-14)11(7-13)8-13/h9,11H,2,4-8H2,1,3H3. The van der Waals surface area contributed by atoms with Gasteiger partial charge in [0, 0.05) is 5.41 Å². The average Bonchev–Trinajstić information content (AvgIpc) is 2.16. The Labute approximate surface area is 86.6 Å². The number of hydrogen-bond acceptors (Lipinski definition) is 1. The van der Waals surface area contributed by atoms with Gasteiger partial charge < -0.3 is 4.79 Å². The third-order valence-corrected chi connectivity index (χ3v) is 4.80. The summed E-state index contributed by atoms with van der Waals surface area (Å²) in [6.45, 7) is 8.51.